The van der Waals surface area contributed by atoms with Crippen molar-refractivity contribution in [1.29, 1.82) is 0 Å². The molecule has 13 heavy (non-hydrogen) atoms. The Labute approximate surface area is 85.6 Å². The summed E-state index contributed by atoms with van der Waals surface area (Å²) < 4.78 is 5.56. The Bertz CT molecular complexity index is 254. The topological polar surface area (TPSA) is 9.23 Å². The SMILES string of the molecule is CCO[C@@H]1C[C@H](c2ccccc2)[Se]1. The fourth-order valence-corrected chi connectivity index (χ4v) is 3.89. The van der Waals surface area contributed by atoms with E-state index in [1.165, 1.54) is 12.0 Å². The van der Waals surface area contributed by atoms with Crippen molar-refractivity contribution in [2.45, 2.75) is 23.2 Å². The molecule has 0 aliphatic carbocycles. The Hall–Kier alpha value is -0.301. The van der Waals surface area contributed by atoms with E-state index in [4.69, 9.17) is 4.74 Å². The molecule has 0 aromatic heterocycles. The van der Waals surface area contributed by atoms with Crippen molar-refractivity contribution in [2.75, 3.05) is 6.61 Å². The van der Waals surface area contributed by atoms with Crippen LogP contribution in [0, 0.1) is 0 Å². The standard InChI is InChI=1S/C11H14OSe/c1-2-12-11-8-10(13-11)9-6-4-3-5-7-9/h3-7,10-11H,2,8H2,1H3/t10-,11+/m1/s1. The molecule has 1 aromatic rings. The van der Waals surface area contributed by atoms with Gasteiger partial charge in [0.25, 0.3) is 0 Å². The summed E-state index contributed by atoms with van der Waals surface area (Å²) in [4.78, 5) is 0.810. The molecule has 1 aliphatic heterocycles. The maximum absolute atomic E-state index is 5.56. The predicted octanol–water partition coefficient (Wildman–Crippen LogP) is 2.20. The van der Waals surface area contributed by atoms with E-state index in [2.05, 4.69) is 37.3 Å². The molecule has 0 spiro atoms. The van der Waals surface area contributed by atoms with Gasteiger partial charge in [-0.05, 0) is 0 Å². The summed E-state index contributed by atoms with van der Waals surface area (Å²) in [7, 11) is 0. The van der Waals surface area contributed by atoms with E-state index in [9.17, 15) is 0 Å². The zero-order valence-electron chi connectivity index (χ0n) is 7.77. The van der Waals surface area contributed by atoms with Crippen LogP contribution in [0.2, 0.25) is 0 Å². The third-order valence-corrected chi connectivity index (χ3v) is 5.24. The van der Waals surface area contributed by atoms with Crippen molar-refractivity contribution in [3.05, 3.63) is 35.9 Å². The molecule has 0 radical (unpaired) electrons. The molecular weight excluding hydrogens is 227 g/mol. The first-order valence-corrected chi connectivity index (χ1v) is 6.70. The van der Waals surface area contributed by atoms with E-state index in [1.807, 2.05) is 0 Å². The van der Waals surface area contributed by atoms with Crippen LogP contribution in [0.15, 0.2) is 30.3 Å². The second kappa shape index (κ2) is 4.28. The Balaban J connectivity index is 1.87. The third-order valence-electron chi connectivity index (χ3n) is 2.25. The molecule has 2 atom stereocenters. The van der Waals surface area contributed by atoms with Gasteiger partial charge in [0.1, 0.15) is 0 Å². The van der Waals surface area contributed by atoms with Crippen molar-refractivity contribution >= 4 is 15.0 Å². The molecule has 70 valence electrons. The van der Waals surface area contributed by atoms with Crippen LogP contribution in [0.4, 0.5) is 0 Å². The summed E-state index contributed by atoms with van der Waals surface area (Å²) in [5.41, 5.74) is 1.50. The van der Waals surface area contributed by atoms with Crippen LogP contribution < -0.4 is 0 Å². The normalized spacial score (nSPS) is 26.8. The monoisotopic (exact) mass is 242 g/mol. The molecule has 2 rings (SSSR count). The maximum atomic E-state index is 5.56. The van der Waals surface area contributed by atoms with E-state index in [0.717, 1.165) is 11.4 Å². The van der Waals surface area contributed by atoms with Gasteiger partial charge in [0.2, 0.25) is 0 Å². The fourth-order valence-electron chi connectivity index (χ4n) is 1.52. The van der Waals surface area contributed by atoms with Gasteiger partial charge < -0.3 is 0 Å². The molecule has 1 aromatic carbocycles. The van der Waals surface area contributed by atoms with Crippen LogP contribution in [0.5, 0.6) is 0 Å². The zero-order chi connectivity index (χ0) is 9.10. The van der Waals surface area contributed by atoms with Gasteiger partial charge in [0.15, 0.2) is 0 Å². The third kappa shape index (κ3) is 2.14. The Morgan fingerprint density at radius 2 is 2.08 bits per heavy atom. The van der Waals surface area contributed by atoms with Gasteiger partial charge in [-0.25, -0.2) is 0 Å². The van der Waals surface area contributed by atoms with Gasteiger partial charge in [-0.3, -0.25) is 0 Å². The summed E-state index contributed by atoms with van der Waals surface area (Å²) in [5, 5.41) is 0.586. The van der Waals surface area contributed by atoms with E-state index < -0.39 is 0 Å². The van der Waals surface area contributed by atoms with E-state index in [-0.39, 0.29) is 0 Å². The molecule has 0 amide bonds. The summed E-state index contributed by atoms with van der Waals surface area (Å²) in [6.07, 6.45) is 1.23. The van der Waals surface area contributed by atoms with Gasteiger partial charge in [0, 0.05) is 0 Å². The van der Waals surface area contributed by atoms with Crippen LogP contribution in [-0.4, -0.2) is 26.6 Å². The van der Waals surface area contributed by atoms with Crippen LogP contribution >= 0.6 is 0 Å². The molecule has 0 bridgehead atoms. The average molecular weight is 241 g/mol. The van der Waals surface area contributed by atoms with Crippen LogP contribution in [0.25, 0.3) is 0 Å². The minimum absolute atomic E-state index is 0.586. The molecule has 1 aliphatic rings. The van der Waals surface area contributed by atoms with Gasteiger partial charge in [-0.2, -0.15) is 0 Å². The molecule has 1 nitrogen and oxygen atoms in total. The average Bonchev–Trinajstić information content (AvgIpc) is 2.12. The zero-order valence-corrected chi connectivity index (χ0v) is 9.49. The van der Waals surface area contributed by atoms with Gasteiger partial charge >= 0.3 is 85.4 Å². The van der Waals surface area contributed by atoms with Crippen molar-refractivity contribution in [1.82, 2.24) is 0 Å². The number of hydrogen-bond donors (Lipinski definition) is 0. The summed E-state index contributed by atoms with van der Waals surface area (Å²) in [5.74, 6) is 0. The molecule has 0 saturated carbocycles. The molecule has 2 heteroatoms. The van der Waals surface area contributed by atoms with Crippen molar-refractivity contribution in [3.8, 4) is 0 Å². The van der Waals surface area contributed by atoms with Crippen molar-refractivity contribution in [2.24, 2.45) is 0 Å². The predicted molar refractivity (Wildman–Crippen MR) is 55.0 cm³/mol. The fraction of sp³-hybridized carbons (Fsp3) is 0.455. The van der Waals surface area contributed by atoms with Crippen LogP contribution in [-0.2, 0) is 4.74 Å². The van der Waals surface area contributed by atoms with Crippen molar-refractivity contribution in [3.63, 3.8) is 0 Å². The Kier molecular flexibility index (Phi) is 3.05. The summed E-state index contributed by atoms with van der Waals surface area (Å²) >= 11 is 0.664. The van der Waals surface area contributed by atoms with Crippen molar-refractivity contribution < 1.29 is 4.74 Å². The summed E-state index contributed by atoms with van der Waals surface area (Å²) in [6, 6.07) is 10.8. The van der Waals surface area contributed by atoms with Gasteiger partial charge in [-0.15, -0.1) is 0 Å². The quantitative estimate of drug-likeness (QED) is 0.737. The molecule has 1 fully saturated rings. The van der Waals surface area contributed by atoms with E-state index >= 15 is 0 Å². The second-order valence-corrected chi connectivity index (χ2v) is 6.02. The van der Waals surface area contributed by atoms with Gasteiger partial charge in [-0.1, -0.05) is 0 Å². The number of rotatable bonds is 3. The van der Waals surface area contributed by atoms with E-state index in [1.54, 1.807) is 0 Å². The molecule has 0 unspecified atom stereocenters. The Morgan fingerprint density at radius 3 is 2.69 bits per heavy atom. The van der Waals surface area contributed by atoms with E-state index in [0.29, 0.717) is 20.0 Å². The van der Waals surface area contributed by atoms with Crippen LogP contribution in [0.1, 0.15) is 23.7 Å². The first-order valence-electron chi connectivity index (χ1n) is 4.72. The Morgan fingerprint density at radius 1 is 1.38 bits per heavy atom. The summed E-state index contributed by atoms with van der Waals surface area (Å²) in [6.45, 7) is 2.94. The molecule has 0 N–H and O–H groups in total. The molecular formula is C11H14OSe. The van der Waals surface area contributed by atoms with Gasteiger partial charge in [0.05, 0.1) is 0 Å². The minimum atomic E-state index is 0.586. The second-order valence-electron chi connectivity index (χ2n) is 3.16. The molecule has 1 heterocycles. The number of benzene rings is 1. The first kappa shape index (κ1) is 9.26. The van der Waals surface area contributed by atoms with Crippen LogP contribution in [0.3, 0.4) is 0 Å². The number of hydrogen-bond acceptors (Lipinski definition) is 1. The molecule has 1 saturated heterocycles. The number of ether oxygens (including phenoxy) is 1. The first-order chi connectivity index (χ1) is 6.40.